The molecule has 2 aromatic rings. The molecule has 2 fully saturated rings. The molecule has 4 rings (SSSR count). The van der Waals surface area contributed by atoms with Gasteiger partial charge in [0.25, 0.3) is 5.91 Å². The minimum absolute atomic E-state index is 0.0379. The molecule has 6 heteroatoms. The van der Waals surface area contributed by atoms with Gasteiger partial charge in [0.05, 0.1) is 11.7 Å². The van der Waals surface area contributed by atoms with E-state index in [4.69, 9.17) is 9.72 Å². The topological polar surface area (TPSA) is 67.7 Å². The van der Waals surface area contributed by atoms with Crippen LogP contribution in [0.1, 0.15) is 68.4 Å². The smallest absolute Gasteiger partial charge is 0.255 e. The number of carbonyl (C=O) groups excluding carboxylic acids is 1. The number of methoxy groups -OCH3 is 1. The number of nitrogens with one attached hydrogen (secondary N) is 2. The summed E-state index contributed by atoms with van der Waals surface area (Å²) in [6.45, 7) is 6.28. The highest BCUT2D eigenvalue weighted by molar-refractivity contribution is 6.00. The fourth-order valence-corrected chi connectivity index (χ4v) is 4.41. The Morgan fingerprint density at radius 3 is 2.57 bits per heavy atom. The summed E-state index contributed by atoms with van der Waals surface area (Å²) in [5.74, 6) is 1.39. The Morgan fingerprint density at radius 1 is 1.21 bits per heavy atom. The molecule has 2 aliphatic carbocycles. The van der Waals surface area contributed by atoms with Crippen LogP contribution in [0, 0.1) is 12.8 Å². The van der Waals surface area contributed by atoms with Gasteiger partial charge < -0.3 is 19.8 Å². The molecule has 0 aliphatic heterocycles. The zero-order valence-corrected chi connectivity index (χ0v) is 17.4. The molecule has 2 N–H and O–H groups in total. The number of anilines is 1. The maximum absolute atomic E-state index is 13.0. The maximum atomic E-state index is 13.0. The Morgan fingerprint density at radius 2 is 1.93 bits per heavy atom. The van der Waals surface area contributed by atoms with E-state index in [1.807, 2.05) is 16.7 Å². The Hall–Kier alpha value is -2.08. The van der Waals surface area contributed by atoms with Gasteiger partial charge in [0.2, 0.25) is 0 Å². The van der Waals surface area contributed by atoms with E-state index in [0.717, 1.165) is 42.8 Å². The number of fused-ring (bicyclic) bond motifs is 1. The van der Waals surface area contributed by atoms with Crippen molar-refractivity contribution < 1.29 is 9.53 Å². The third-order valence-corrected chi connectivity index (χ3v) is 6.45. The first-order valence-electron chi connectivity index (χ1n) is 10.5. The van der Waals surface area contributed by atoms with Crippen LogP contribution in [0.2, 0.25) is 0 Å². The van der Waals surface area contributed by atoms with Gasteiger partial charge in [-0.05, 0) is 71.3 Å². The van der Waals surface area contributed by atoms with E-state index in [-0.39, 0.29) is 11.4 Å². The van der Waals surface area contributed by atoms with Crippen LogP contribution in [0.5, 0.6) is 0 Å². The number of rotatable bonds is 6. The van der Waals surface area contributed by atoms with Crippen molar-refractivity contribution in [3.05, 3.63) is 29.6 Å². The molecule has 2 saturated carbocycles. The van der Waals surface area contributed by atoms with Crippen molar-refractivity contribution in [3.63, 3.8) is 0 Å². The lowest BCUT2D eigenvalue weighted by Crippen LogP contribution is -2.45. The van der Waals surface area contributed by atoms with Gasteiger partial charge >= 0.3 is 0 Å². The van der Waals surface area contributed by atoms with Gasteiger partial charge in [-0.25, -0.2) is 4.98 Å². The Kier molecular flexibility index (Phi) is 5.08. The van der Waals surface area contributed by atoms with Gasteiger partial charge in [-0.1, -0.05) is 0 Å². The number of hydrogen-bond acceptors (Lipinski definition) is 4. The highest BCUT2D eigenvalue weighted by Gasteiger charge is 2.39. The molecule has 0 spiro atoms. The lowest BCUT2D eigenvalue weighted by Gasteiger charge is -2.28. The Balaban J connectivity index is 1.53. The third kappa shape index (κ3) is 3.88. The molecule has 1 amide bonds. The van der Waals surface area contributed by atoms with E-state index in [0.29, 0.717) is 23.6 Å². The number of aryl methyl sites for hydroxylation is 1. The second-order valence-electron chi connectivity index (χ2n) is 9.01. The highest BCUT2D eigenvalue weighted by Crippen LogP contribution is 2.39. The monoisotopic (exact) mass is 384 g/mol. The molecule has 0 bridgehead atoms. The number of carbonyl (C=O) groups is 1. The van der Waals surface area contributed by atoms with Crippen molar-refractivity contribution in [1.82, 2.24) is 14.7 Å². The first-order chi connectivity index (χ1) is 13.4. The van der Waals surface area contributed by atoms with E-state index in [1.165, 1.54) is 12.8 Å². The molecule has 6 nitrogen and oxygen atoms in total. The minimum atomic E-state index is -0.170. The molecule has 152 valence electrons. The average Bonchev–Trinajstić information content (AvgIpc) is 3.43. The molecule has 0 atom stereocenters. The second-order valence-corrected chi connectivity index (χ2v) is 9.01. The molecular weight excluding hydrogens is 352 g/mol. The van der Waals surface area contributed by atoms with Crippen LogP contribution >= 0.6 is 0 Å². The largest absolute Gasteiger partial charge is 0.381 e. The lowest BCUT2D eigenvalue weighted by atomic mass is 9.93. The van der Waals surface area contributed by atoms with Crippen LogP contribution < -0.4 is 10.6 Å². The predicted molar refractivity (Wildman–Crippen MR) is 111 cm³/mol. The normalized spacial score (nSPS) is 23.0. The van der Waals surface area contributed by atoms with Crippen molar-refractivity contribution in [2.75, 3.05) is 12.4 Å². The SMILES string of the molecule is COC1CCC(Nc2cc(C)n3ccc(C(=O)NC(C)(C)C4CC4)c3n2)CC1. The van der Waals surface area contributed by atoms with Gasteiger partial charge in [-0.3, -0.25) is 4.79 Å². The van der Waals surface area contributed by atoms with Gasteiger partial charge in [0.1, 0.15) is 5.82 Å². The van der Waals surface area contributed by atoms with E-state index in [9.17, 15) is 4.79 Å². The Bertz CT molecular complexity index is 861. The summed E-state index contributed by atoms with van der Waals surface area (Å²) in [6.07, 6.45) is 9.01. The fraction of sp³-hybridized carbons (Fsp3) is 0.636. The predicted octanol–water partition coefficient (Wildman–Crippen LogP) is 3.93. The summed E-state index contributed by atoms with van der Waals surface area (Å²) in [7, 11) is 1.79. The zero-order valence-electron chi connectivity index (χ0n) is 17.4. The Labute approximate surface area is 167 Å². The molecule has 2 aromatic heterocycles. The van der Waals surface area contributed by atoms with Gasteiger partial charge in [0, 0.05) is 36.6 Å². The number of nitrogens with zero attached hydrogens (tertiary/aromatic N) is 2. The van der Waals surface area contributed by atoms with Crippen molar-refractivity contribution in [2.24, 2.45) is 5.92 Å². The van der Waals surface area contributed by atoms with Crippen molar-refractivity contribution in [3.8, 4) is 0 Å². The van der Waals surface area contributed by atoms with Gasteiger partial charge in [0.15, 0.2) is 5.65 Å². The van der Waals surface area contributed by atoms with E-state index >= 15 is 0 Å². The molecule has 2 heterocycles. The number of hydrogen-bond donors (Lipinski definition) is 2. The highest BCUT2D eigenvalue weighted by atomic mass is 16.5. The fourth-order valence-electron chi connectivity index (χ4n) is 4.41. The molecular formula is C22H32N4O2. The maximum Gasteiger partial charge on any atom is 0.255 e. The van der Waals surface area contributed by atoms with Gasteiger partial charge in [-0.2, -0.15) is 0 Å². The molecule has 0 saturated heterocycles. The molecule has 0 unspecified atom stereocenters. The summed E-state index contributed by atoms with van der Waals surface area (Å²) in [4.78, 5) is 17.8. The minimum Gasteiger partial charge on any atom is -0.381 e. The number of ether oxygens (including phenoxy) is 1. The summed E-state index contributed by atoms with van der Waals surface area (Å²) < 4.78 is 7.46. The van der Waals surface area contributed by atoms with Crippen molar-refractivity contribution >= 4 is 17.4 Å². The lowest BCUT2D eigenvalue weighted by molar-refractivity contribution is 0.0681. The van der Waals surface area contributed by atoms with Gasteiger partial charge in [-0.15, -0.1) is 0 Å². The first kappa shape index (κ1) is 19.2. The van der Waals surface area contributed by atoms with Crippen molar-refractivity contribution in [1.29, 1.82) is 0 Å². The summed E-state index contributed by atoms with van der Waals surface area (Å²) in [5.41, 5.74) is 2.26. The van der Waals surface area contributed by atoms with Crippen LogP contribution in [0.25, 0.3) is 5.65 Å². The molecule has 2 aliphatic rings. The summed E-state index contributed by atoms with van der Waals surface area (Å²) in [6, 6.07) is 4.34. The second kappa shape index (κ2) is 7.39. The average molecular weight is 385 g/mol. The first-order valence-corrected chi connectivity index (χ1v) is 10.5. The standard InChI is InChI=1S/C22H32N4O2/c1-14-13-19(23-16-7-9-17(28-4)10-8-16)24-20-18(11-12-26(14)20)21(27)25-22(2,3)15-5-6-15/h11-13,15-17H,5-10H2,1-4H3,(H,23,24)(H,25,27). The third-order valence-electron chi connectivity index (χ3n) is 6.45. The van der Waals surface area contributed by atoms with E-state index in [2.05, 4.69) is 37.5 Å². The quantitative estimate of drug-likeness (QED) is 0.792. The molecule has 0 radical (unpaired) electrons. The van der Waals surface area contributed by atoms with Crippen LogP contribution in [0.4, 0.5) is 5.82 Å². The van der Waals surface area contributed by atoms with Crippen molar-refractivity contribution in [2.45, 2.75) is 77.0 Å². The number of aromatic nitrogens is 2. The van der Waals surface area contributed by atoms with E-state index in [1.54, 1.807) is 7.11 Å². The van der Waals surface area contributed by atoms with Crippen LogP contribution in [-0.4, -0.2) is 40.1 Å². The summed E-state index contributed by atoms with van der Waals surface area (Å²) >= 11 is 0. The van der Waals surface area contributed by atoms with Crippen LogP contribution in [0.3, 0.4) is 0 Å². The van der Waals surface area contributed by atoms with Crippen LogP contribution in [0.15, 0.2) is 18.3 Å². The molecule has 28 heavy (non-hydrogen) atoms. The summed E-state index contributed by atoms with van der Waals surface area (Å²) in [5, 5.41) is 6.80. The van der Waals surface area contributed by atoms with Crippen LogP contribution in [-0.2, 0) is 4.74 Å². The van der Waals surface area contributed by atoms with E-state index < -0.39 is 0 Å². The zero-order chi connectivity index (χ0) is 19.9. The number of amides is 1. The molecule has 0 aromatic carbocycles.